The topological polar surface area (TPSA) is 138 Å². The van der Waals surface area contributed by atoms with Crippen molar-refractivity contribution in [3.63, 3.8) is 0 Å². The van der Waals surface area contributed by atoms with Crippen molar-refractivity contribution in [1.29, 1.82) is 0 Å². The molecule has 1 atom stereocenters. The smallest absolute Gasteiger partial charge is 0.427 e. The Labute approximate surface area is 194 Å². The summed E-state index contributed by atoms with van der Waals surface area (Å²) in [6.45, 7) is -0.786. The summed E-state index contributed by atoms with van der Waals surface area (Å²) in [5.74, 6) is -1.15. The highest BCUT2D eigenvalue weighted by Crippen LogP contribution is 2.37. The maximum absolute atomic E-state index is 14.2. The van der Waals surface area contributed by atoms with Gasteiger partial charge in [-0.1, -0.05) is 18.2 Å². The Kier molecular flexibility index (Phi) is 5.15. The molecular formula is C21H16F4N8O2. The Balaban J connectivity index is 1.55. The first-order valence-electron chi connectivity index (χ1n) is 10.2. The molecule has 1 amide bonds. The molecule has 0 radical (unpaired) electrons. The number of hydrogen-bond donors (Lipinski definition) is 2. The number of cyclic esters (lactones) is 1. The highest BCUT2D eigenvalue weighted by atomic mass is 19.4. The van der Waals surface area contributed by atoms with Gasteiger partial charge in [-0.2, -0.15) is 18.3 Å². The van der Waals surface area contributed by atoms with E-state index in [1.165, 1.54) is 16.9 Å². The maximum atomic E-state index is 14.2. The number of nitrogens with two attached hydrogens (primary N) is 2. The molecule has 0 spiro atoms. The van der Waals surface area contributed by atoms with Crippen LogP contribution < -0.4 is 16.4 Å². The molecule has 0 saturated carbocycles. The minimum Gasteiger partial charge on any atom is -0.434 e. The molecule has 14 heteroatoms. The minimum atomic E-state index is -4.76. The number of carbonyl (C=O) groups excluding carboxylic acids is 1. The molecule has 3 aromatic heterocycles. The van der Waals surface area contributed by atoms with E-state index in [0.717, 1.165) is 0 Å². The van der Waals surface area contributed by atoms with Crippen LogP contribution in [0, 0.1) is 5.82 Å². The minimum absolute atomic E-state index is 0.0473. The summed E-state index contributed by atoms with van der Waals surface area (Å²) in [6, 6.07) is 9.53. The fourth-order valence-electron chi connectivity index (χ4n) is 3.76. The fraction of sp³-hybridized carbons (Fsp3) is 0.190. The SMILES string of the molecule is Nc1nc(-c2nn(Cc3ccccc3F)c3ncccc23)nc(N)c1N1C[C@@H](C(F)(F)F)OC1=O. The summed E-state index contributed by atoms with van der Waals surface area (Å²) in [5, 5.41) is 4.97. The number of pyridine rings is 1. The molecule has 1 aliphatic heterocycles. The predicted molar refractivity (Wildman–Crippen MR) is 117 cm³/mol. The number of rotatable bonds is 4. The molecule has 4 aromatic rings. The number of fused-ring (bicyclic) bond motifs is 1. The second-order valence-corrected chi connectivity index (χ2v) is 7.66. The van der Waals surface area contributed by atoms with Crippen LogP contribution in [0.4, 0.5) is 39.7 Å². The third-order valence-electron chi connectivity index (χ3n) is 5.38. The lowest BCUT2D eigenvalue weighted by molar-refractivity contribution is -0.191. The molecule has 1 saturated heterocycles. The molecule has 1 aromatic carbocycles. The molecule has 180 valence electrons. The molecule has 1 fully saturated rings. The second kappa shape index (κ2) is 8.07. The van der Waals surface area contributed by atoms with Crippen molar-refractivity contribution in [3.05, 3.63) is 54.0 Å². The lowest BCUT2D eigenvalue weighted by Gasteiger charge is -2.17. The number of aromatic nitrogens is 5. The molecule has 0 unspecified atom stereocenters. The van der Waals surface area contributed by atoms with Crippen molar-refractivity contribution in [1.82, 2.24) is 24.7 Å². The van der Waals surface area contributed by atoms with Gasteiger partial charge in [-0.15, -0.1) is 0 Å². The third kappa shape index (κ3) is 3.92. The number of halogens is 4. The summed E-state index contributed by atoms with van der Waals surface area (Å²) in [7, 11) is 0. The van der Waals surface area contributed by atoms with E-state index in [9.17, 15) is 22.4 Å². The standard InChI is InChI=1S/C21H16F4N8O2/c22-12-6-2-1-4-10(12)8-33-19-11(5-3-7-28-19)14(31-33)18-29-16(26)15(17(27)30-18)32-9-13(21(23,24)25)35-20(32)34/h1-7,13H,8-9H2,(H4,26,27,29,30)/t13-/m0/s1. The quantitative estimate of drug-likeness (QED) is 0.418. The normalized spacial score (nSPS) is 16.2. The van der Waals surface area contributed by atoms with Crippen LogP contribution in [0.3, 0.4) is 0 Å². The molecule has 0 aliphatic carbocycles. The average molecular weight is 488 g/mol. The van der Waals surface area contributed by atoms with Crippen molar-refractivity contribution in [2.75, 3.05) is 22.9 Å². The summed E-state index contributed by atoms with van der Waals surface area (Å²) >= 11 is 0. The molecular weight excluding hydrogens is 472 g/mol. The number of amides is 1. The van der Waals surface area contributed by atoms with Crippen LogP contribution in [0.15, 0.2) is 42.6 Å². The van der Waals surface area contributed by atoms with Gasteiger partial charge in [0.05, 0.1) is 18.5 Å². The van der Waals surface area contributed by atoms with Crippen molar-refractivity contribution >= 4 is 34.4 Å². The number of hydrogen-bond acceptors (Lipinski definition) is 8. The van der Waals surface area contributed by atoms with E-state index in [1.807, 2.05) is 0 Å². The lowest BCUT2D eigenvalue weighted by atomic mass is 10.2. The van der Waals surface area contributed by atoms with E-state index in [1.54, 1.807) is 30.3 Å². The zero-order chi connectivity index (χ0) is 24.9. The summed E-state index contributed by atoms with van der Waals surface area (Å²) in [4.78, 5) is 25.3. The maximum Gasteiger partial charge on any atom is 0.427 e. The van der Waals surface area contributed by atoms with E-state index >= 15 is 0 Å². The van der Waals surface area contributed by atoms with E-state index < -0.39 is 30.7 Å². The summed E-state index contributed by atoms with van der Waals surface area (Å²) < 4.78 is 59.1. The van der Waals surface area contributed by atoms with Gasteiger partial charge < -0.3 is 16.2 Å². The predicted octanol–water partition coefficient (Wildman–Crippen LogP) is 3.13. The largest absolute Gasteiger partial charge is 0.434 e. The first-order chi connectivity index (χ1) is 16.6. The van der Waals surface area contributed by atoms with Crippen molar-refractivity contribution in [3.8, 4) is 11.5 Å². The van der Waals surface area contributed by atoms with Gasteiger partial charge >= 0.3 is 12.3 Å². The van der Waals surface area contributed by atoms with Crippen LogP contribution in [0.5, 0.6) is 0 Å². The molecule has 1 aliphatic rings. The van der Waals surface area contributed by atoms with Gasteiger partial charge in [0.2, 0.25) is 6.10 Å². The van der Waals surface area contributed by atoms with Crippen molar-refractivity contribution < 1.29 is 27.1 Å². The van der Waals surface area contributed by atoms with E-state index in [0.29, 0.717) is 21.5 Å². The number of alkyl halides is 3. The molecule has 0 bridgehead atoms. The van der Waals surface area contributed by atoms with Gasteiger partial charge in [-0.25, -0.2) is 28.8 Å². The van der Waals surface area contributed by atoms with Gasteiger partial charge in [-0.3, -0.25) is 4.90 Å². The zero-order valence-electron chi connectivity index (χ0n) is 17.7. The number of carbonyl (C=O) groups is 1. The number of anilines is 3. The fourth-order valence-corrected chi connectivity index (χ4v) is 3.76. The Morgan fingerprint density at radius 3 is 2.46 bits per heavy atom. The van der Waals surface area contributed by atoms with E-state index in [2.05, 4.69) is 24.8 Å². The zero-order valence-corrected chi connectivity index (χ0v) is 17.7. The van der Waals surface area contributed by atoms with Crippen LogP contribution >= 0.6 is 0 Å². The Morgan fingerprint density at radius 2 is 1.80 bits per heavy atom. The number of nitrogen functional groups attached to an aromatic ring is 2. The third-order valence-corrected chi connectivity index (χ3v) is 5.38. The van der Waals surface area contributed by atoms with Gasteiger partial charge in [0.1, 0.15) is 17.2 Å². The van der Waals surface area contributed by atoms with Crippen LogP contribution in [-0.2, 0) is 11.3 Å². The van der Waals surface area contributed by atoms with Crippen molar-refractivity contribution in [2.24, 2.45) is 0 Å². The summed E-state index contributed by atoms with van der Waals surface area (Å²) in [5.41, 5.74) is 12.7. The monoisotopic (exact) mass is 488 g/mol. The highest BCUT2D eigenvalue weighted by Gasteiger charge is 2.50. The van der Waals surface area contributed by atoms with E-state index in [4.69, 9.17) is 11.5 Å². The second-order valence-electron chi connectivity index (χ2n) is 7.66. The number of nitrogens with zero attached hydrogens (tertiary/aromatic N) is 6. The first kappa shape index (κ1) is 22.3. The molecule has 35 heavy (non-hydrogen) atoms. The Hall–Kier alpha value is -4.49. The number of benzene rings is 1. The average Bonchev–Trinajstić information content (AvgIpc) is 3.36. The lowest BCUT2D eigenvalue weighted by Crippen LogP contribution is -2.33. The van der Waals surface area contributed by atoms with Gasteiger partial charge in [-0.05, 0) is 18.2 Å². The Morgan fingerprint density at radius 1 is 1.09 bits per heavy atom. The van der Waals surface area contributed by atoms with E-state index in [-0.39, 0.29) is 35.4 Å². The van der Waals surface area contributed by atoms with Gasteiger partial charge in [0.15, 0.2) is 23.1 Å². The number of ether oxygens (including phenoxy) is 1. The highest BCUT2D eigenvalue weighted by molar-refractivity contribution is 5.97. The van der Waals surface area contributed by atoms with Gasteiger partial charge in [0, 0.05) is 11.8 Å². The molecule has 4 N–H and O–H groups in total. The van der Waals surface area contributed by atoms with Crippen LogP contribution in [0.2, 0.25) is 0 Å². The van der Waals surface area contributed by atoms with Crippen LogP contribution in [0.25, 0.3) is 22.6 Å². The van der Waals surface area contributed by atoms with Crippen molar-refractivity contribution in [2.45, 2.75) is 18.8 Å². The van der Waals surface area contributed by atoms with Crippen LogP contribution in [-0.4, -0.2) is 49.7 Å². The molecule has 5 rings (SSSR count). The Bertz CT molecular complexity index is 1430. The molecule has 10 nitrogen and oxygen atoms in total. The molecule has 4 heterocycles. The first-order valence-corrected chi connectivity index (χ1v) is 10.2. The summed E-state index contributed by atoms with van der Waals surface area (Å²) in [6.07, 6.45) is -6.83. The van der Waals surface area contributed by atoms with Gasteiger partial charge in [0.25, 0.3) is 0 Å². The van der Waals surface area contributed by atoms with Crippen LogP contribution in [0.1, 0.15) is 5.56 Å².